The molecule has 162 valence electrons. The number of piperidine rings is 1. The summed E-state index contributed by atoms with van der Waals surface area (Å²) in [7, 11) is -2.01. The van der Waals surface area contributed by atoms with Gasteiger partial charge in [-0.2, -0.15) is 4.31 Å². The zero-order chi connectivity index (χ0) is 21.3. The van der Waals surface area contributed by atoms with Gasteiger partial charge in [-0.3, -0.25) is 4.79 Å². The van der Waals surface area contributed by atoms with Gasteiger partial charge in [-0.05, 0) is 49.9 Å². The highest BCUT2D eigenvalue weighted by molar-refractivity contribution is 7.89. The Morgan fingerprint density at radius 2 is 1.79 bits per heavy atom. The number of hydrogen-bond acceptors (Lipinski definition) is 5. The van der Waals surface area contributed by atoms with Gasteiger partial charge < -0.3 is 21.1 Å². The fourth-order valence-corrected chi connectivity index (χ4v) is 4.71. The predicted molar refractivity (Wildman–Crippen MR) is 109 cm³/mol. The minimum absolute atomic E-state index is 0.0126. The zero-order valence-electron chi connectivity index (χ0n) is 16.7. The van der Waals surface area contributed by atoms with E-state index in [0.29, 0.717) is 44.6 Å². The van der Waals surface area contributed by atoms with Crippen LogP contribution >= 0.6 is 0 Å². The van der Waals surface area contributed by atoms with Gasteiger partial charge in [0.15, 0.2) is 0 Å². The first-order chi connectivity index (χ1) is 13.8. The van der Waals surface area contributed by atoms with Crippen molar-refractivity contribution in [3.8, 4) is 5.75 Å². The number of ether oxygens (including phenoxy) is 1. The van der Waals surface area contributed by atoms with Crippen LogP contribution in [0.4, 0.5) is 4.79 Å². The third-order valence-electron chi connectivity index (χ3n) is 4.90. The van der Waals surface area contributed by atoms with Gasteiger partial charge in [0.1, 0.15) is 5.75 Å². The number of carbonyl (C=O) groups is 2. The number of primary amides is 1. The highest BCUT2D eigenvalue weighted by Crippen LogP contribution is 2.23. The number of hydrogen-bond donors (Lipinski definition) is 3. The Morgan fingerprint density at radius 3 is 2.38 bits per heavy atom. The van der Waals surface area contributed by atoms with Gasteiger partial charge in [0.05, 0.1) is 12.0 Å². The molecule has 0 atom stereocenters. The summed E-state index contributed by atoms with van der Waals surface area (Å²) >= 11 is 0. The summed E-state index contributed by atoms with van der Waals surface area (Å²) in [6, 6.07) is 5.79. The Balaban J connectivity index is 1.71. The Labute approximate surface area is 172 Å². The molecule has 9 nitrogen and oxygen atoms in total. The fraction of sp³-hybridized carbons (Fsp3) is 0.579. The molecule has 1 saturated heterocycles. The molecule has 1 fully saturated rings. The summed E-state index contributed by atoms with van der Waals surface area (Å²) in [5, 5.41) is 5.50. The molecule has 1 heterocycles. The molecule has 0 unspecified atom stereocenters. The van der Waals surface area contributed by atoms with Gasteiger partial charge in [-0.15, -0.1) is 0 Å². The Kier molecular flexibility index (Phi) is 8.71. The number of carbonyl (C=O) groups excluding carboxylic acids is 2. The van der Waals surface area contributed by atoms with E-state index in [1.807, 2.05) is 0 Å². The molecule has 0 bridgehead atoms. The van der Waals surface area contributed by atoms with Crippen molar-refractivity contribution in [1.29, 1.82) is 0 Å². The lowest BCUT2D eigenvalue weighted by Crippen LogP contribution is -2.46. The van der Waals surface area contributed by atoms with E-state index >= 15 is 0 Å². The summed E-state index contributed by atoms with van der Waals surface area (Å²) in [4.78, 5) is 22.9. The smallest absolute Gasteiger partial charge is 0.312 e. The van der Waals surface area contributed by atoms with Gasteiger partial charge in [0.25, 0.3) is 0 Å². The molecule has 0 radical (unpaired) electrons. The normalized spacial score (nSPS) is 15.6. The monoisotopic (exact) mass is 426 g/mol. The van der Waals surface area contributed by atoms with E-state index in [9.17, 15) is 18.0 Å². The summed E-state index contributed by atoms with van der Waals surface area (Å²) in [6.45, 7) is 1.26. The van der Waals surface area contributed by atoms with Crippen molar-refractivity contribution in [3.05, 3.63) is 24.3 Å². The number of unbranched alkanes of at least 4 members (excludes halogenated alkanes) is 2. The minimum atomic E-state index is -3.54. The minimum Gasteiger partial charge on any atom is -0.497 e. The topological polar surface area (TPSA) is 131 Å². The molecule has 0 aromatic heterocycles. The number of rotatable bonds is 10. The molecular formula is C19H30N4O5S. The number of nitrogens with one attached hydrogen (secondary N) is 2. The van der Waals surface area contributed by atoms with Crippen LogP contribution < -0.4 is 21.1 Å². The molecule has 29 heavy (non-hydrogen) atoms. The number of urea groups is 1. The van der Waals surface area contributed by atoms with Crippen LogP contribution in [0, 0.1) is 0 Å². The van der Waals surface area contributed by atoms with Gasteiger partial charge >= 0.3 is 6.03 Å². The third kappa shape index (κ3) is 7.21. The predicted octanol–water partition coefficient (Wildman–Crippen LogP) is 1.19. The largest absolute Gasteiger partial charge is 0.497 e. The lowest BCUT2D eigenvalue weighted by molar-refractivity contribution is -0.122. The first kappa shape index (κ1) is 23.0. The van der Waals surface area contributed by atoms with Gasteiger partial charge in [0, 0.05) is 32.1 Å². The maximum Gasteiger partial charge on any atom is 0.312 e. The SMILES string of the molecule is COc1ccc(S(=O)(=O)N2CCC(NC(=O)CCCCCNC(N)=O)CC2)cc1. The van der Waals surface area contributed by atoms with Crippen molar-refractivity contribution in [2.24, 2.45) is 5.73 Å². The summed E-state index contributed by atoms with van der Waals surface area (Å²) in [5.74, 6) is 0.582. The zero-order valence-corrected chi connectivity index (χ0v) is 17.5. The van der Waals surface area contributed by atoms with Gasteiger partial charge in [-0.25, -0.2) is 13.2 Å². The van der Waals surface area contributed by atoms with Crippen LogP contribution in [0.2, 0.25) is 0 Å². The molecule has 1 aromatic rings. The second-order valence-electron chi connectivity index (χ2n) is 7.02. The quantitative estimate of drug-likeness (QED) is 0.484. The third-order valence-corrected chi connectivity index (χ3v) is 6.81. The average Bonchev–Trinajstić information content (AvgIpc) is 2.71. The summed E-state index contributed by atoms with van der Waals surface area (Å²) < 4.78 is 32.0. The van der Waals surface area contributed by atoms with Crippen molar-refractivity contribution in [2.45, 2.75) is 49.5 Å². The molecule has 3 amide bonds. The molecule has 10 heteroatoms. The van der Waals surface area contributed by atoms with Gasteiger partial charge in [0.2, 0.25) is 15.9 Å². The Morgan fingerprint density at radius 1 is 1.14 bits per heavy atom. The molecular weight excluding hydrogens is 396 g/mol. The van der Waals surface area contributed by atoms with Crippen molar-refractivity contribution in [2.75, 3.05) is 26.7 Å². The molecule has 1 aliphatic rings. The number of sulfonamides is 1. The van der Waals surface area contributed by atoms with Crippen LogP contribution in [-0.4, -0.2) is 57.4 Å². The number of nitrogens with two attached hydrogens (primary N) is 1. The van der Waals surface area contributed by atoms with E-state index in [1.54, 1.807) is 24.3 Å². The molecule has 2 rings (SSSR count). The van der Waals surface area contributed by atoms with Crippen molar-refractivity contribution >= 4 is 22.0 Å². The maximum absolute atomic E-state index is 12.7. The van der Waals surface area contributed by atoms with Crippen molar-refractivity contribution < 1.29 is 22.7 Å². The number of amides is 3. The van der Waals surface area contributed by atoms with E-state index in [4.69, 9.17) is 10.5 Å². The number of benzene rings is 1. The van der Waals surface area contributed by atoms with E-state index in [-0.39, 0.29) is 16.8 Å². The Bertz CT molecular complexity index is 774. The van der Waals surface area contributed by atoms with Crippen LogP contribution in [0.25, 0.3) is 0 Å². The van der Waals surface area contributed by atoms with Crippen LogP contribution in [0.1, 0.15) is 38.5 Å². The lowest BCUT2D eigenvalue weighted by Gasteiger charge is -2.31. The van der Waals surface area contributed by atoms with Crippen molar-refractivity contribution in [3.63, 3.8) is 0 Å². The van der Waals surface area contributed by atoms with E-state index in [1.165, 1.54) is 11.4 Å². The Hall–Kier alpha value is -2.33. The van der Waals surface area contributed by atoms with E-state index in [0.717, 1.165) is 19.3 Å². The molecule has 0 aliphatic carbocycles. The standard InChI is InChI=1S/C19H30N4O5S/c1-28-16-6-8-17(9-7-16)29(26,27)23-13-10-15(11-14-23)22-18(24)5-3-2-4-12-21-19(20)25/h6-9,15H,2-5,10-14H2,1H3,(H,22,24)(H3,20,21,25). The molecule has 0 saturated carbocycles. The second kappa shape index (κ2) is 11.0. The van der Waals surface area contributed by atoms with Gasteiger partial charge in [-0.1, -0.05) is 6.42 Å². The number of methoxy groups -OCH3 is 1. The van der Waals surface area contributed by atoms with Crippen molar-refractivity contribution in [1.82, 2.24) is 14.9 Å². The van der Waals surface area contributed by atoms with E-state index in [2.05, 4.69) is 10.6 Å². The maximum atomic E-state index is 12.7. The summed E-state index contributed by atoms with van der Waals surface area (Å²) in [6.07, 6.45) is 3.93. The fourth-order valence-electron chi connectivity index (χ4n) is 3.24. The number of nitrogens with zero attached hydrogens (tertiary/aromatic N) is 1. The highest BCUT2D eigenvalue weighted by Gasteiger charge is 2.29. The first-order valence-electron chi connectivity index (χ1n) is 9.80. The second-order valence-corrected chi connectivity index (χ2v) is 8.96. The molecule has 4 N–H and O–H groups in total. The molecule has 0 spiro atoms. The van der Waals surface area contributed by atoms with Crippen LogP contribution in [0.15, 0.2) is 29.2 Å². The van der Waals surface area contributed by atoms with Crippen LogP contribution in [-0.2, 0) is 14.8 Å². The lowest BCUT2D eigenvalue weighted by atomic mass is 10.1. The summed E-state index contributed by atoms with van der Waals surface area (Å²) in [5.41, 5.74) is 4.98. The average molecular weight is 427 g/mol. The first-order valence-corrected chi connectivity index (χ1v) is 11.2. The van der Waals surface area contributed by atoms with E-state index < -0.39 is 16.1 Å². The highest BCUT2D eigenvalue weighted by atomic mass is 32.2. The van der Waals surface area contributed by atoms with Crippen LogP contribution in [0.3, 0.4) is 0 Å². The molecule has 1 aliphatic heterocycles. The molecule has 1 aromatic carbocycles. The van der Waals surface area contributed by atoms with Crippen LogP contribution in [0.5, 0.6) is 5.75 Å².